The van der Waals surface area contributed by atoms with E-state index >= 15 is 0 Å². The Labute approximate surface area is 59.4 Å². The van der Waals surface area contributed by atoms with Gasteiger partial charge in [0.1, 0.15) is 5.28 Å². The van der Waals surface area contributed by atoms with E-state index in [-0.39, 0.29) is 0 Å². The summed E-state index contributed by atoms with van der Waals surface area (Å²) in [6, 6.07) is 0. The second-order valence-corrected chi connectivity index (χ2v) is 1.77. The van der Waals surface area contributed by atoms with E-state index < -0.39 is 0 Å². The predicted molar refractivity (Wildman–Crippen MR) is 35.7 cm³/mol. The molecule has 0 bridgehead atoms. The number of rotatable bonds is 6. The summed E-state index contributed by atoms with van der Waals surface area (Å²) in [4.78, 5) is 10.8. The fraction of sp³-hybridized carbons (Fsp3) is 1.00. The SMILES string of the molecule is CCCCCOON=[N+]=[N-]. The zero-order valence-corrected chi connectivity index (χ0v) is 5.99. The minimum atomic E-state index is 0.479. The number of nitrogens with zero attached hydrogens (tertiary/aromatic N) is 3. The topological polar surface area (TPSA) is 67.2 Å². The fourth-order valence-corrected chi connectivity index (χ4v) is 0.487. The number of azide groups is 1. The molecule has 0 aliphatic carbocycles. The largest absolute Gasteiger partial charge is 0.258 e. The van der Waals surface area contributed by atoms with Crippen LogP contribution in [-0.2, 0) is 9.88 Å². The summed E-state index contributed by atoms with van der Waals surface area (Å²) >= 11 is 0. The molecule has 5 nitrogen and oxygen atoms in total. The second kappa shape index (κ2) is 8.07. The summed E-state index contributed by atoms with van der Waals surface area (Å²) < 4.78 is 0. The van der Waals surface area contributed by atoms with Crippen LogP contribution >= 0.6 is 0 Å². The Morgan fingerprint density at radius 2 is 2.30 bits per heavy atom. The van der Waals surface area contributed by atoms with Crippen molar-refractivity contribution in [1.29, 1.82) is 0 Å². The molecule has 0 rings (SSSR count). The molecule has 0 atom stereocenters. The van der Waals surface area contributed by atoms with Crippen LogP contribution in [0.2, 0.25) is 0 Å². The van der Waals surface area contributed by atoms with E-state index in [0.717, 1.165) is 19.3 Å². The number of hydrogen-bond acceptors (Lipinski definition) is 3. The molecule has 58 valence electrons. The lowest BCUT2D eigenvalue weighted by Crippen LogP contribution is -1.90. The molecule has 0 aromatic rings. The van der Waals surface area contributed by atoms with Gasteiger partial charge in [0.25, 0.3) is 0 Å². The maximum atomic E-state index is 7.72. The smallest absolute Gasteiger partial charge is 0.145 e. The lowest BCUT2D eigenvalue weighted by Gasteiger charge is -1.95. The first-order valence-electron chi connectivity index (χ1n) is 3.25. The van der Waals surface area contributed by atoms with Crippen LogP contribution in [0.4, 0.5) is 0 Å². The number of unbranched alkanes of at least 4 members (excludes halogenated alkanes) is 2. The predicted octanol–water partition coefficient (Wildman–Crippen LogP) is 2.35. The van der Waals surface area contributed by atoms with Crippen LogP contribution in [-0.4, -0.2) is 6.61 Å². The van der Waals surface area contributed by atoms with E-state index in [1.807, 2.05) is 0 Å². The van der Waals surface area contributed by atoms with Crippen LogP contribution in [0.3, 0.4) is 0 Å². The fourth-order valence-electron chi connectivity index (χ4n) is 0.487. The van der Waals surface area contributed by atoms with Gasteiger partial charge < -0.3 is 0 Å². The Morgan fingerprint density at radius 3 is 2.90 bits per heavy atom. The van der Waals surface area contributed by atoms with E-state index in [1.165, 1.54) is 0 Å². The molecule has 0 unspecified atom stereocenters. The monoisotopic (exact) mass is 145 g/mol. The number of hydrogen-bond donors (Lipinski definition) is 0. The highest BCUT2D eigenvalue weighted by atomic mass is 17.3. The molecule has 0 aliphatic rings. The van der Waals surface area contributed by atoms with Crippen LogP contribution in [0.25, 0.3) is 10.4 Å². The van der Waals surface area contributed by atoms with Gasteiger partial charge in [-0.25, -0.2) is 0 Å². The standard InChI is InChI=1S/C5H11N3O2/c1-2-3-4-5-9-10-8-7-6/h2-5H2,1H3. The summed E-state index contributed by atoms with van der Waals surface area (Å²) in [5.74, 6) is 0. The zero-order chi connectivity index (χ0) is 7.66. The molecule has 0 heterocycles. The molecule has 0 fully saturated rings. The summed E-state index contributed by atoms with van der Waals surface area (Å²) in [5.41, 5.74) is 7.72. The van der Waals surface area contributed by atoms with Crippen molar-refractivity contribution in [2.75, 3.05) is 6.61 Å². The minimum Gasteiger partial charge on any atom is -0.258 e. The lowest BCUT2D eigenvalue weighted by molar-refractivity contribution is -0.298. The molecule has 5 heteroatoms. The molecule has 10 heavy (non-hydrogen) atoms. The maximum absolute atomic E-state index is 7.72. The molecule has 0 spiro atoms. The first kappa shape index (κ1) is 9.07. The Balaban J connectivity index is 2.83. The van der Waals surface area contributed by atoms with Gasteiger partial charge in [0.05, 0.1) is 6.61 Å². The summed E-state index contributed by atoms with van der Waals surface area (Å²) in [6.07, 6.45) is 3.15. The quantitative estimate of drug-likeness (QED) is 0.144. The summed E-state index contributed by atoms with van der Waals surface area (Å²) in [6.45, 7) is 2.57. The molecule has 0 aromatic heterocycles. The van der Waals surface area contributed by atoms with Crippen molar-refractivity contribution >= 4 is 0 Å². The molecular formula is C5H11N3O2. The van der Waals surface area contributed by atoms with Crippen molar-refractivity contribution in [3.05, 3.63) is 10.4 Å². The average molecular weight is 145 g/mol. The van der Waals surface area contributed by atoms with Crippen LogP contribution in [0.1, 0.15) is 26.2 Å². The van der Waals surface area contributed by atoms with Gasteiger partial charge in [-0.1, -0.05) is 19.8 Å². The normalized spacial score (nSPS) is 8.50. The molecule has 0 saturated heterocycles. The Bertz CT molecular complexity index is 111. The van der Waals surface area contributed by atoms with Crippen molar-refractivity contribution in [2.24, 2.45) is 5.28 Å². The molecule has 0 amide bonds. The highest BCUT2D eigenvalue weighted by Gasteiger charge is 1.85. The van der Waals surface area contributed by atoms with E-state index in [4.69, 9.17) is 5.53 Å². The Hall–Kier alpha value is -0.930. The van der Waals surface area contributed by atoms with Gasteiger partial charge in [0, 0.05) is 4.91 Å². The minimum absolute atomic E-state index is 0.479. The summed E-state index contributed by atoms with van der Waals surface area (Å²) in [7, 11) is 0. The molecule has 0 aromatic carbocycles. The van der Waals surface area contributed by atoms with Crippen LogP contribution in [0, 0.1) is 0 Å². The highest BCUT2D eigenvalue weighted by molar-refractivity contribution is 4.32. The van der Waals surface area contributed by atoms with Gasteiger partial charge in [-0.05, 0) is 12.0 Å². The highest BCUT2D eigenvalue weighted by Crippen LogP contribution is 1.94. The lowest BCUT2D eigenvalue weighted by atomic mass is 10.3. The van der Waals surface area contributed by atoms with Crippen LogP contribution in [0.15, 0.2) is 5.28 Å². The zero-order valence-electron chi connectivity index (χ0n) is 5.99. The third-order valence-electron chi connectivity index (χ3n) is 0.954. The molecular weight excluding hydrogens is 134 g/mol. The molecule has 0 saturated carbocycles. The second-order valence-electron chi connectivity index (χ2n) is 1.77. The molecule has 0 N–H and O–H groups in total. The van der Waals surface area contributed by atoms with Crippen LogP contribution in [0.5, 0.6) is 0 Å². The Kier molecular flexibility index (Phi) is 7.32. The van der Waals surface area contributed by atoms with Crippen molar-refractivity contribution in [3.63, 3.8) is 0 Å². The van der Waals surface area contributed by atoms with E-state index in [2.05, 4.69) is 27.0 Å². The summed E-state index contributed by atoms with van der Waals surface area (Å²) in [5, 5.41) is 2.73. The van der Waals surface area contributed by atoms with Gasteiger partial charge in [-0.15, -0.1) is 0 Å². The van der Waals surface area contributed by atoms with E-state index in [9.17, 15) is 0 Å². The Morgan fingerprint density at radius 1 is 1.50 bits per heavy atom. The third kappa shape index (κ3) is 7.07. The van der Waals surface area contributed by atoms with Gasteiger partial charge in [-0.3, -0.25) is 4.99 Å². The van der Waals surface area contributed by atoms with Crippen molar-refractivity contribution in [1.82, 2.24) is 0 Å². The third-order valence-corrected chi connectivity index (χ3v) is 0.954. The van der Waals surface area contributed by atoms with Gasteiger partial charge in [0.2, 0.25) is 0 Å². The maximum Gasteiger partial charge on any atom is 0.145 e. The van der Waals surface area contributed by atoms with Crippen molar-refractivity contribution < 1.29 is 9.88 Å². The first-order chi connectivity index (χ1) is 4.91. The van der Waals surface area contributed by atoms with Gasteiger partial charge >= 0.3 is 0 Å². The van der Waals surface area contributed by atoms with Gasteiger partial charge in [0.15, 0.2) is 0 Å². The van der Waals surface area contributed by atoms with E-state index in [1.54, 1.807) is 0 Å². The first-order valence-corrected chi connectivity index (χ1v) is 3.25. The van der Waals surface area contributed by atoms with Crippen molar-refractivity contribution in [2.45, 2.75) is 26.2 Å². The van der Waals surface area contributed by atoms with Gasteiger partial charge in [-0.2, -0.15) is 4.89 Å². The molecule has 0 radical (unpaired) electrons. The van der Waals surface area contributed by atoms with Crippen LogP contribution < -0.4 is 0 Å². The average Bonchev–Trinajstić information content (AvgIpc) is 1.97. The molecule has 0 aliphatic heterocycles. The van der Waals surface area contributed by atoms with E-state index in [0.29, 0.717) is 6.61 Å². The van der Waals surface area contributed by atoms with Crippen molar-refractivity contribution in [3.8, 4) is 0 Å².